The number of rotatable bonds is 2. The lowest BCUT2D eigenvalue weighted by Crippen LogP contribution is -1.94. The smallest absolute Gasteiger partial charge is 0.171 e. The van der Waals surface area contributed by atoms with Gasteiger partial charge in [-0.05, 0) is 18.4 Å². The third-order valence-electron chi connectivity index (χ3n) is 2.24. The number of nitrogens with zero attached hydrogens (tertiary/aromatic N) is 1. The molecule has 0 bridgehead atoms. The van der Waals surface area contributed by atoms with Crippen LogP contribution in [0.5, 0.6) is 11.5 Å². The molecule has 0 aliphatic rings. The monoisotopic (exact) mass is 207 g/mol. The molecule has 2 rings (SSSR count). The molecule has 0 atom stereocenters. The fraction of sp³-hybridized carbons (Fsp3) is 0.364. The van der Waals surface area contributed by atoms with E-state index in [0.29, 0.717) is 11.5 Å². The quantitative estimate of drug-likeness (QED) is 0.742. The molecular weight excluding hydrogens is 194 g/mol. The van der Waals surface area contributed by atoms with Crippen LogP contribution in [0.25, 0.3) is 11.0 Å². The lowest BCUT2D eigenvalue weighted by atomic mass is 10.1. The number of hydrogen-bond acceptors (Lipinski definition) is 4. The highest BCUT2D eigenvalue weighted by molar-refractivity contribution is 5.83. The van der Waals surface area contributed by atoms with Crippen LogP contribution < -0.4 is 0 Å². The molecule has 1 heterocycles. The van der Waals surface area contributed by atoms with Crippen LogP contribution in [0, 0.1) is 5.92 Å². The molecule has 1 aromatic heterocycles. The van der Waals surface area contributed by atoms with Crippen LogP contribution in [0.3, 0.4) is 0 Å². The SMILES string of the molecule is CC(C)Cc1noc2cc(O)c(O)cc12. The summed E-state index contributed by atoms with van der Waals surface area (Å²) < 4.78 is 5.06. The van der Waals surface area contributed by atoms with E-state index in [1.54, 1.807) is 0 Å². The van der Waals surface area contributed by atoms with Crippen LogP contribution in [0.2, 0.25) is 0 Å². The summed E-state index contributed by atoms with van der Waals surface area (Å²) in [7, 11) is 0. The first kappa shape index (κ1) is 9.83. The van der Waals surface area contributed by atoms with Crippen molar-refractivity contribution in [3.63, 3.8) is 0 Å². The number of aromatic nitrogens is 1. The van der Waals surface area contributed by atoms with E-state index in [1.807, 2.05) is 0 Å². The summed E-state index contributed by atoms with van der Waals surface area (Å²) in [5, 5.41) is 23.3. The maximum absolute atomic E-state index is 9.37. The van der Waals surface area contributed by atoms with Crippen molar-refractivity contribution >= 4 is 11.0 Å². The molecule has 0 fully saturated rings. The predicted octanol–water partition coefficient (Wildman–Crippen LogP) is 2.44. The van der Waals surface area contributed by atoms with E-state index in [2.05, 4.69) is 19.0 Å². The highest BCUT2D eigenvalue weighted by Crippen LogP contribution is 2.32. The summed E-state index contributed by atoms with van der Waals surface area (Å²) in [6.45, 7) is 4.17. The van der Waals surface area contributed by atoms with E-state index in [1.165, 1.54) is 12.1 Å². The van der Waals surface area contributed by atoms with Gasteiger partial charge in [0.2, 0.25) is 0 Å². The van der Waals surface area contributed by atoms with Crippen molar-refractivity contribution in [2.45, 2.75) is 20.3 Å². The van der Waals surface area contributed by atoms with Gasteiger partial charge in [-0.1, -0.05) is 19.0 Å². The first-order valence-corrected chi connectivity index (χ1v) is 4.88. The van der Waals surface area contributed by atoms with Crippen LogP contribution in [0.1, 0.15) is 19.5 Å². The zero-order valence-corrected chi connectivity index (χ0v) is 8.69. The van der Waals surface area contributed by atoms with Crippen molar-refractivity contribution in [3.8, 4) is 11.5 Å². The molecule has 0 aliphatic heterocycles. The molecule has 80 valence electrons. The van der Waals surface area contributed by atoms with Gasteiger partial charge in [0.15, 0.2) is 17.1 Å². The number of benzene rings is 1. The van der Waals surface area contributed by atoms with Gasteiger partial charge >= 0.3 is 0 Å². The van der Waals surface area contributed by atoms with Gasteiger partial charge in [0.05, 0.1) is 5.69 Å². The van der Waals surface area contributed by atoms with Crippen molar-refractivity contribution in [1.29, 1.82) is 0 Å². The van der Waals surface area contributed by atoms with Gasteiger partial charge in [-0.15, -0.1) is 0 Å². The van der Waals surface area contributed by atoms with Crippen molar-refractivity contribution in [2.24, 2.45) is 5.92 Å². The number of phenols is 2. The van der Waals surface area contributed by atoms with E-state index in [4.69, 9.17) is 4.52 Å². The molecule has 0 saturated heterocycles. The molecule has 15 heavy (non-hydrogen) atoms. The summed E-state index contributed by atoms with van der Waals surface area (Å²) in [5.41, 5.74) is 1.32. The Morgan fingerprint density at radius 2 is 1.93 bits per heavy atom. The van der Waals surface area contributed by atoms with E-state index in [0.717, 1.165) is 17.5 Å². The fourth-order valence-corrected chi connectivity index (χ4v) is 1.55. The van der Waals surface area contributed by atoms with Gasteiger partial charge in [0, 0.05) is 11.5 Å². The second-order valence-electron chi connectivity index (χ2n) is 4.06. The van der Waals surface area contributed by atoms with Crippen LogP contribution in [0.4, 0.5) is 0 Å². The van der Waals surface area contributed by atoms with Gasteiger partial charge in [0.25, 0.3) is 0 Å². The van der Waals surface area contributed by atoms with Crippen molar-refractivity contribution in [1.82, 2.24) is 5.16 Å². The minimum Gasteiger partial charge on any atom is -0.504 e. The predicted molar refractivity (Wildman–Crippen MR) is 55.9 cm³/mol. The summed E-state index contributed by atoms with van der Waals surface area (Å²) >= 11 is 0. The van der Waals surface area contributed by atoms with Crippen molar-refractivity contribution in [3.05, 3.63) is 17.8 Å². The Balaban J connectivity index is 2.54. The lowest BCUT2D eigenvalue weighted by Gasteiger charge is -2.00. The Morgan fingerprint density at radius 3 is 2.60 bits per heavy atom. The summed E-state index contributed by atoms with van der Waals surface area (Å²) in [6.07, 6.45) is 0.789. The van der Waals surface area contributed by atoms with Gasteiger partial charge in [-0.25, -0.2) is 0 Å². The summed E-state index contributed by atoms with van der Waals surface area (Å²) in [6, 6.07) is 2.86. The minimum atomic E-state index is -0.185. The van der Waals surface area contributed by atoms with Crippen LogP contribution >= 0.6 is 0 Å². The standard InChI is InChI=1S/C11H13NO3/c1-6(2)3-8-7-4-9(13)10(14)5-11(7)15-12-8/h4-6,13-14H,3H2,1-2H3. The van der Waals surface area contributed by atoms with Crippen LogP contribution in [0.15, 0.2) is 16.7 Å². The Kier molecular flexibility index (Phi) is 2.26. The molecule has 1 aromatic carbocycles. The van der Waals surface area contributed by atoms with E-state index in [-0.39, 0.29) is 11.5 Å². The number of fused-ring (bicyclic) bond motifs is 1. The zero-order valence-electron chi connectivity index (χ0n) is 8.69. The molecule has 4 nitrogen and oxygen atoms in total. The topological polar surface area (TPSA) is 66.5 Å². The maximum atomic E-state index is 9.37. The zero-order chi connectivity index (χ0) is 11.0. The first-order chi connectivity index (χ1) is 7.08. The summed E-state index contributed by atoms with van der Waals surface area (Å²) in [4.78, 5) is 0. The van der Waals surface area contributed by atoms with E-state index >= 15 is 0 Å². The highest BCUT2D eigenvalue weighted by atomic mass is 16.5. The fourth-order valence-electron chi connectivity index (χ4n) is 1.55. The Hall–Kier alpha value is -1.71. The molecule has 2 aromatic rings. The second-order valence-corrected chi connectivity index (χ2v) is 4.06. The Labute approximate surface area is 87.1 Å². The molecule has 2 N–H and O–H groups in total. The molecule has 0 spiro atoms. The Morgan fingerprint density at radius 1 is 1.27 bits per heavy atom. The normalized spacial score (nSPS) is 11.4. The third kappa shape index (κ3) is 1.75. The maximum Gasteiger partial charge on any atom is 0.171 e. The van der Waals surface area contributed by atoms with Crippen molar-refractivity contribution < 1.29 is 14.7 Å². The largest absolute Gasteiger partial charge is 0.504 e. The van der Waals surface area contributed by atoms with Gasteiger partial charge < -0.3 is 14.7 Å². The molecular formula is C11H13NO3. The molecule has 0 saturated carbocycles. The molecule has 0 aliphatic carbocycles. The average molecular weight is 207 g/mol. The van der Waals surface area contributed by atoms with Gasteiger partial charge in [-0.2, -0.15) is 0 Å². The molecule has 0 unspecified atom stereocenters. The van der Waals surface area contributed by atoms with Crippen molar-refractivity contribution in [2.75, 3.05) is 0 Å². The molecule has 0 radical (unpaired) electrons. The third-order valence-corrected chi connectivity index (χ3v) is 2.24. The lowest BCUT2D eigenvalue weighted by molar-refractivity contribution is 0.401. The second kappa shape index (κ2) is 3.46. The number of aromatic hydroxyl groups is 2. The minimum absolute atomic E-state index is 0.143. The van der Waals surface area contributed by atoms with Gasteiger partial charge in [-0.3, -0.25) is 0 Å². The van der Waals surface area contributed by atoms with Crippen LogP contribution in [-0.4, -0.2) is 15.4 Å². The first-order valence-electron chi connectivity index (χ1n) is 4.88. The number of phenolic OH excluding ortho intramolecular Hbond substituents is 2. The highest BCUT2D eigenvalue weighted by Gasteiger charge is 2.12. The van der Waals surface area contributed by atoms with E-state index < -0.39 is 0 Å². The number of hydrogen-bond donors (Lipinski definition) is 2. The average Bonchev–Trinajstić information content (AvgIpc) is 2.49. The Bertz CT molecular complexity index is 488. The molecule has 0 amide bonds. The summed E-state index contributed by atoms with van der Waals surface area (Å²) in [5.74, 6) is 0.139. The van der Waals surface area contributed by atoms with Gasteiger partial charge in [0.1, 0.15) is 0 Å². The molecule has 4 heteroatoms. The van der Waals surface area contributed by atoms with Crippen LogP contribution in [-0.2, 0) is 6.42 Å². The van der Waals surface area contributed by atoms with E-state index in [9.17, 15) is 10.2 Å².